The highest BCUT2D eigenvalue weighted by atomic mass is 32.2. The predicted octanol–water partition coefficient (Wildman–Crippen LogP) is 0.832. The Morgan fingerprint density at radius 3 is 2.50 bits per heavy atom. The smallest absolute Gasteiger partial charge is 0.321 e. The number of ether oxygens (including phenoxy) is 1. The van der Waals surface area contributed by atoms with Crippen molar-refractivity contribution in [2.24, 2.45) is 5.10 Å². The molecule has 0 fully saturated rings. The second-order valence-corrected chi connectivity index (χ2v) is 5.75. The van der Waals surface area contributed by atoms with Gasteiger partial charge in [-0.1, -0.05) is 17.7 Å². The number of benzene rings is 1. The van der Waals surface area contributed by atoms with Crippen molar-refractivity contribution in [3.63, 3.8) is 0 Å². The van der Waals surface area contributed by atoms with Crippen LogP contribution in [0.5, 0.6) is 0 Å². The molecule has 0 saturated carbocycles. The normalized spacial score (nSPS) is 11.6. The lowest BCUT2D eigenvalue weighted by Gasteiger charge is -2.03. The number of sulfone groups is 1. The van der Waals surface area contributed by atoms with Crippen LogP contribution in [-0.2, 0) is 19.4 Å². The van der Waals surface area contributed by atoms with Gasteiger partial charge in [0.15, 0.2) is 5.75 Å². The summed E-state index contributed by atoms with van der Waals surface area (Å²) in [6.45, 7) is 1.90. The number of nitriles is 1. The number of esters is 1. The molecule has 1 N–H and O–H groups in total. The largest absolute Gasteiger partial charge is 0.468 e. The molecule has 0 amide bonds. The summed E-state index contributed by atoms with van der Waals surface area (Å²) in [7, 11) is -3.05. The fraction of sp³-hybridized carbons (Fsp3) is 0.250. The highest BCUT2D eigenvalue weighted by Crippen LogP contribution is 2.09. The third-order valence-corrected chi connectivity index (χ3v) is 3.65. The van der Waals surface area contributed by atoms with E-state index in [1.807, 2.05) is 6.92 Å². The Bertz CT molecular complexity index is 657. The molecular formula is C12H13N3O4S. The third kappa shape index (κ3) is 4.37. The van der Waals surface area contributed by atoms with Crippen molar-refractivity contribution < 1.29 is 17.9 Å². The number of aryl methyl sites for hydroxylation is 1. The van der Waals surface area contributed by atoms with Crippen LogP contribution in [0.15, 0.2) is 29.4 Å². The first kappa shape index (κ1) is 15.7. The van der Waals surface area contributed by atoms with Gasteiger partial charge in [0.05, 0.1) is 12.8 Å². The summed E-state index contributed by atoms with van der Waals surface area (Å²) in [5.74, 6) is -1.88. The van der Waals surface area contributed by atoms with Crippen LogP contribution in [0.4, 0.5) is 5.69 Å². The average molecular weight is 295 g/mol. The number of hydrogen-bond donors (Lipinski definition) is 1. The number of carbonyl (C=O) groups excluding carboxylic acids is 1. The van der Waals surface area contributed by atoms with Crippen LogP contribution in [0.1, 0.15) is 5.56 Å². The Balaban J connectivity index is 2.90. The van der Waals surface area contributed by atoms with Crippen LogP contribution in [0.3, 0.4) is 0 Å². The minimum atomic E-state index is -4.11. The fourth-order valence-corrected chi connectivity index (χ4v) is 2.08. The van der Waals surface area contributed by atoms with Gasteiger partial charge in [-0.2, -0.15) is 10.4 Å². The van der Waals surface area contributed by atoms with Gasteiger partial charge < -0.3 is 4.74 Å². The average Bonchev–Trinajstić information content (AvgIpc) is 2.40. The summed E-state index contributed by atoms with van der Waals surface area (Å²) in [4.78, 5) is 11.0. The molecule has 0 bridgehead atoms. The summed E-state index contributed by atoms with van der Waals surface area (Å²) in [5, 5.41) is 11.6. The van der Waals surface area contributed by atoms with Crippen molar-refractivity contribution in [3.05, 3.63) is 29.8 Å². The predicted molar refractivity (Wildman–Crippen MR) is 73.7 cm³/mol. The monoisotopic (exact) mass is 295 g/mol. The molecule has 0 aromatic heterocycles. The number of hydrazone groups is 1. The standard InChI is InChI=1S/C12H13N3O4S/c1-9-3-5-10(6-4-9)14-15-11(7-13)20(17,18)8-12(16)19-2/h3-6,14H,8H2,1-2H3. The lowest BCUT2D eigenvalue weighted by Crippen LogP contribution is -2.24. The highest BCUT2D eigenvalue weighted by molar-refractivity contribution is 8.07. The molecule has 0 atom stereocenters. The van der Waals surface area contributed by atoms with Crippen molar-refractivity contribution in [3.8, 4) is 6.07 Å². The lowest BCUT2D eigenvalue weighted by molar-refractivity contribution is -0.137. The molecule has 0 aliphatic carbocycles. The van der Waals surface area contributed by atoms with Gasteiger partial charge in [-0.05, 0) is 19.1 Å². The topological polar surface area (TPSA) is 109 Å². The van der Waals surface area contributed by atoms with Gasteiger partial charge in [0, 0.05) is 0 Å². The Labute approximate surface area is 116 Å². The first-order chi connectivity index (χ1) is 9.39. The number of nitrogens with zero attached hydrogens (tertiary/aromatic N) is 2. The molecule has 8 heteroatoms. The minimum Gasteiger partial charge on any atom is -0.468 e. The maximum atomic E-state index is 11.7. The van der Waals surface area contributed by atoms with Crippen molar-refractivity contribution >= 4 is 26.5 Å². The summed E-state index contributed by atoms with van der Waals surface area (Å²) in [5.41, 5.74) is 4.01. The zero-order valence-electron chi connectivity index (χ0n) is 11.0. The minimum absolute atomic E-state index is 0.525. The molecule has 0 unspecified atom stereocenters. The van der Waals surface area contributed by atoms with E-state index in [0.717, 1.165) is 12.7 Å². The number of hydrogen-bond acceptors (Lipinski definition) is 7. The Kier molecular flexibility index (Phi) is 5.23. The van der Waals surface area contributed by atoms with Gasteiger partial charge >= 0.3 is 5.97 Å². The Morgan fingerprint density at radius 2 is 2.00 bits per heavy atom. The van der Waals surface area contributed by atoms with E-state index in [0.29, 0.717) is 5.69 Å². The van der Waals surface area contributed by atoms with Gasteiger partial charge in [0.1, 0.15) is 6.07 Å². The molecule has 0 aliphatic heterocycles. The van der Waals surface area contributed by atoms with Gasteiger partial charge in [-0.25, -0.2) is 8.42 Å². The van der Waals surface area contributed by atoms with Crippen LogP contribution in [0.2, 0.25) is 0 Å². The van der Waals surface area contributed by atoms with Crippen LogP contribution < -0.4 is 5.43 Å². The summed E-state index contributed by atoms with van der Waals surface area (Å²) < 4.78 is 27.7. The summed E-state index contributed by atoms with van der Waals surface area (Å²) >= 11 is 0. The molecule has 106 valence electrons. The second-order valence-electron chi connectivity index (χ2n) is 3.84. The van der Waals surface area contributed by atoms with E-state index in [1.165, 1.54) is 6.07 Å². The number of methoxy groups -OCH3 is 1. The van der Waals surface area contributed by atoms with Crippen molar-refractivity contribution in [2.45, 2.75) is 6.92 Å². The van der Waals surface area contributed by atoms with Gasteiger partial charge in [0.25, 0.3) is 5.04 Å². The van der Waals surface area contributed by atoms with E-state index in [2.05, 4.69) is 15.3 Å². The quantitative estimate of drug-likeness (QED) is 0.381. The van der Waals surface area contributed by atoms with E-state index >= 15 is 0 Å². The van der Waals surface area contributed by atoms with E-state index in [4.69, 9.17) is 5.26 Å². The first-order valence-corrected chi connectivity index (χ1v) is 7.14. The maximum Gasteiger partial charge on any atom is 0.321 e. The molecule has 7 nitrogen and oxygen atoms in total. The zero-order chi connectivity index (χ0) is 15.2. The Hall–Kier alpha value is -2.40. The molecule has 20 heavy (non-hydrogen) atoms. The molecule has 0 radical (unpaired) electrons. The molecule has 0 saturated heterocycles. The van der Waals surface area contributed by atoms with Crippen LogP contribution in [0, 0.1) is 18.3 Å². The molecule has 0 spiro atoms. The second kappa shape index (κ2) is 6.68. The van der Waals surface area contributed by atoms with E-state index in [9.17, 15) is 13.2 Å². The van der Waals surface area contributed by atoms with E-state index in [-0.39, 0.29) is 0 Å². The number of rotatable bonds is 4. The molecule has 1 rings (SSSR count). The maximum absolute atomic E-state index is 11.7. The van der Waals surface area contributed by atoms with Crippen LogP contribution in [0.25, 0.3) is 0 Å². The van der Waals surface area contributed by atoms with Crippen molar-refractivity contribution in [1.29, 1.82) is 5.26 Å². The highest BCUT2D eigenvalue weighted by Gasteiger charge is 2.24. The number of carbonyl (C=O) groups is 1. The lowest BCUT2D eigenvalue weighted by atomic mass is 10.2. The Morgan fingerprint density at radius 1 is 1.40 bits per heavy atom. The third-order valence-electron chi connectivity index (χ3n) is 2.26. The van der Waals surface area contributed by atoms with Gasteiger partial charge in [-0.3, -0.25) is 10.2 Å². The molecule has 1 aromatic carbocycles. The first-order valence-electron chi connectivity index (χ1n) is 5.49. The number of nitrogens with one attached hydrogen (secondary N) is 1. The van der Waals surface area contributed by atoms with Crippen LogP contribution in [-0.4, -0.2) is 32.3 Å². The van der Waals surface area contributed by atoms with Crippen LogP contribution >= 0.6 is 0 Å². The SMILES string of the molecule is COC(=O)CS(=O)(=O)C(C#N)=NNc1ccc(C)cc1. The van der Waals surface area contributed by atoms with Gasteiger partial charge in [-0.15, -0.1) is 0 Å². The van der Waals surface area contributed by atoms with E-state index < -0.39 is 26.6 Å². The van der Waals surface area contributed by atoms with Crippen molar-refractivity contribution in [1.82, 2.24) is 0 Å². The fourth-order valence-electron chi connectivity index (χ4n) is 1.19. The number of anilines is 1. The van der Waals surface area contributed by atoms with E-state index in [1.54, 1.807) is 24.3 Å². The molecule has 0 heterocycles. The van der Waals surface area contributed by atoms with Crippen molar-refractivity contribution in [2.75, 3.05) is 18.3 Å². The molecule has 1 aromatic rings. The zero-order valence-corrected chi connectivity index (χ0v) is 11.8. The van der Waals surface area contributed by atoms with Gasteiger partial charge in [0.2, 0.25) is 9.84 Å². The molecule has 0 aliphatic rings. The molecular weight excluding hydrogens is 282 g/mol. The summed E-state index contributed by atoms with van der Waals surface area (Å²) in [6, 6.07) is 8.40. The summed E-state index contributed by atoms with van der Waals surface area (Å²) in [6.07, 6.45) is 0.